The molecule has 1 saturated heterocycles. The number of ether oxygens (including phenoxy) is 1. The number of benzene rings is 3. The number of hydrogen-bond donors (Lipinski definition) is 1. The van der Waals surface area contributed by atoms with Crippen LogP contribution >= 0.6 is 11.3 Å². The predicted octanol–water partition coefficient (Wildman–Crippen LogP) is 5.27. The summed E-state index contributed by atoms with van der Waals surface area (Å²) in [4.78, 5) is 38.2. The summed E-state index contributed by atoms with van der Waals surface area (Å²) >= 11 is 1.11. The lowest BCUT2D eigenvalue weighted by atomic mass is 9.95. The maximum absolute atomic E-state index is 13.2. The molecule has 10 nitrogen and oxygen atoms in total. The summed E-state index contributed by atoms with van der Waals surface area (Å²) in [5.74, 6) is -1.60. The molecule has 2 heterocycles. The van der Waals surface area contributed by atoms with E-state index >= 15 is 0 Å². The summed E-state index contributed by atoms with van der Waals surface area (Å²) < 4.78 is 5.87. The normalized spacial score (nSPS) is 16.5. The Balaban J connectivity index is 1.51. The molecule has 0 bridgehead atoms. The number of Topliss-reactive ketones (excluding diaryl/α,β-unsaturated/α-hetero) is 1. The van der Waals surface area contributed by atoms with E-state index in [9.17, 15) is 24.8 Å². The van der Waals surface area contributed by atoms with Gasteiger partial charge in [0.25, 0.3) is 11.5 Å². The third-order valence-corrected chi connectivity index (χ3v) is 7.21. The third-order valence-electron chi connectivity index (χ3n) is 6.37. The molecular weight excluding hydrogens is 520 g/mol. The number of nitro benzene ring substituents is 1. The Bertz CT molecular complexity index is 1610. The summed E-state index contributed by atoms with van der Waals surface area (Å²) in [5.41, 5.74) is 2.54. The second kappa shape index (κ2) is 10.5. The van der Waals surface area contributed by atoms with Gasteiger partial charge in [-0.3, -0.25) is 24.6 Å². The van der Waals surface area contributed by atoms with Gasteiger partial charge in [-0.05, 0) is 66.9 Å². The number of hydrogen-bond acceptors (Lipinski definition) is 9. The number of aliphatic hydroxyl groups is 1. The van der Waals surface area contributed by atoms with Crippen LogP contribution in [0.4, 0.5) is 10.8 Å². The van der Waals surface area contributed by atoms with Gasteiger partial charge in [-0.1, -0.05) is 35.6 Å². The van der Waals surface area contributed by atoms with Gasteiger partial charge in [0, 0.05) is 17.7 Å². The van der Waals surface area contributed by atoms with Crippen LogP contribution in [0, 0.1) is 24.0 Å². The van der Waals surface area contributed by atoms with E-state index in [1.165, 1.54) is 29.2 Å². The van der Waals surface area contributed by atoms with Gasteiger partial charge in [0.15, 0.2) is 0 Å². The highest BCUT2D eigenvalue weighted by molar-refractivity contribution is 7.15. The number of amides is 1. The van der Waals surface area contributed by atoms with Crippen molar-refractivity contribution in [3.63, 3.8) is 0 Å². The van der Waals surface area contributed by atoms with Crippen LogP contribution in [-0.4, -0.2) is 31.9 Å². The summed E-state index contributed by atoms with van der Waals surface area (Å²) in [6.45, 7) is 4.07. The van der Waals surface area contributed by atoms with Crippen LogP contribution < -0.4 is 9.64 Å². The van der Waals surface area contributed by atoms with Gasteiger partial charge in [-0.2, -0.15) is 0 Å². The first kappa shape index (κ1) is 25.7. The highest BCUT2D eigenvalue weighted by atomic mass is 32.1. The second-order valence-electron chi connectivity index (χ2n) is 8.86. The van der Waals surface area contributed by atoms with Crippen molar-refractivity contribution in [1.82, 2.24) is 10.2 Å². The minimum atomic E-state index is -1.06. The number of nitrogens with zero attached hydrogens (tertiary/aromatic N) is 4. The maximum atomic E-state index is 13.2. The van der Waals surface area contributed by atoms with E-state index in [0.717, 1.165) is 22.5 Å². The Morgan fingerprint density at radius 1 is 1.03 bits per heavy atom. The van der Waals surface area contributed by atoms with Gasteiger partial charge in [-0.25, -0.2) is 0 Å². The molecule has 1 atom stereocenters. The third kappa shape index (κ3) is 4.99. The summed E-state index contributed by atoms with van der Waals surface area (Å²) in [7, 11) is 0. The van der Waals surface area contributed by atoms with Crippen LogP contribution in [-0.2, 0) is 16.2 Å². The number of carbonyl (C=O) groups excluding carboxylic acids is 2. The minimum Gasteiger partial charge on any atom is -0.507 e. The summed E-state index contributed by atoms with van der Waals surface area (Å²) in [6, 6.07) is 18.8. The largest absolute Gasteiger partial charge is 0.507 e. The highest BCUT2D eigenvalue weighted by Gasteiger charge is 2.48. The highest BCUT2D eigenvalue weighted by Crippen LogP contribution is 2.43. The molecule has 1 aromatic heterocycles. The van der Waals surface area contributed by atoms with E-state index in [1.54, 1.807) is 31.2 Å². The van der Waals surface area contributed by atoms with Crippen molar-refractivity contribution in [3.05, 3.63) is 116 Å². The Kier molecular flexibility index (Phi) is 6.90. The van der Waals surface area contributed by atoms with Crippen molar-refractivity contribution in [2.24, 2.45) is 0 Å². The standard InChI is InChI=1S/C28H22N4O6S/c1-16-5-3-4-6-20(16)15-38-22-13-9-19(10-14-22)25(33)23-24(18-7-11-21(12-8-18)32(36)37)31(27(35)26(23)34)28-30-29-17(2)39-28/h3-14,24,33H,15H2,1-2H3/b25-23+. The smallest absolute Gasteiger partial charge is 0.301 e. The fourth-order valence-electron chi connectivity index (χ4n) is 4.30. The first-order chi connectivity index (χ1) is 18.7. The van der Waals surface area contributed by atoms with Gasteiger partial charge in [0.05, 0.1) is 16.5 Å². The lowest BCUT2D eigenvalue weighted by Crippen LogP contribution is -2.29. The second-order valence-corrected chi connectivity index (χ2v) is 10.0. The number of aliphatic hydroxyl groups excluding tert-OH is 1. The van der Waals surface area contributed by atoms with Gasteiger partial charge >= 0.3 is 5.91 Å². The molecule has 0 spiro atoms. The van der Waals surface area contributed by atoms with E-state index in [1.807, 2.05) is 31.2 Å². The Labute approximate surface area is 227 Å². The van der Waals surface area contributed by atoms with Gasteiger partial charge in [-0.15, -0.1) is 10.2 Å². The van der Waals surface area contributed by atoms with Crippen molar-refractivity contribution in [3.8, 4) is 5.75 Å². The number of aromatic nitrogens is 2. The number of aryl methyl sites for hydroxylation is 2. The zero-order valence-electron chi connectivity index (χ0n) is 20.9. The van der Waals surface area contributed by atoms with Crippen LogP contribution in [0.3, 0.4) is 0 Å². The SMILES string of the molecule is Cc1nnc(N2C(=O)C(=O)/C(=C(/O)c3ccc(OCc4ccccc4C)cc3)C2c2ccc([N+](=O)[O-])cc2)s1. The fourth-order valence-corrected chi connectivity index (χ4v) is 5.02. The lowest BCUT2D eigenvalue weighted by Gasteiger charge is -2.22. The molecule has 39 heavy (non-hydrogen) atoms. The summed E-state index contributed by atoms with van der Waals surface area (Å²) in [5, 5.41) is 31.2. The Morgan fingerprint density at radius 3 is 2.33 bits per heavy atom. The molecule has 1 fully saturated rings. The molecule has 0 saturated carbocycles. The molecule has 5 rings (SSSR count). The molecule has 1 aliphatic heterocycles. The average molecular weight is 543 g/mol. The maximum Gasteiger partial charge on any atom is 0.301 e. The van der Waals surface area contributed by atoms with Crippen molar-refractivity contribution >= 4 is 39.6 Å². The van der Waals surface area contributed by atoms with Crippen LogP contribution in [0.2, 0.25) is 0 Å². The molecule has 3 aromatic carbocycles. The predicted molar refractivity (Wildman–Crippen MR) is 144 cm³/mol. The number of non-ortho nitro benzene ring substituents is 1. The van der Waals surface area contributed by atoms with E-state index in [4.69, 9.17) is 4.74 Å². The molecule has 1 unspecified atom stereocenters. The molecule has 11 heteroatoms. The number of anilines is 1. The van der Waals surface area contributed by atoms with E-state index in [0.29, 0.717) is 28.5 Å². The molecule has 4 aromatic rings. The van der Waals surface area contributed by atoms with E-state index in [-0.39, 0.29) is 22.2 Å². The molecule has 1 N–H and O–H groups in total. The number of carbonyl (C=O) groups is 2. The van der Waals surface area contributed by atoms with Crippen LogP contribution in [0.25, 0.3) is 5.76 Å². The molecule has 196 valence electrons. The first-order valence-electron chi connectivity index (χ1n) is 11.9. The van der Waals surface area contributed by atoms with Crippen LogP contribution in [0.15, 0.2) is 78.4 Å². The molecule has 1 aliphatic rings. The molecule has 0 radical (unpaired) electrons. The zero-order chi connectivity index (χ0) is 27.7. The van der Waals surface area contributed by atoms with Gasteiger partial charge in [0.2, 0.25) is 5.13 Å². The number of nitro groups is 1. The van der Waals surface area contributed by atoms with E-state index < -0.39 is 22.7 Å². The van der Waals surface area contributed by atoms with Crippen molar-refractivity contribution < 1.29 is 24.4 Å². The quantitative estimate of drug-likeness (QED) is 0.110. The fraction of sp³-hybridized carbons (Fsp3) is 0.143. The topological polar surface area (TPSA) is 136 Å². The number of rotatable bonds is 7. The van der Waals surface area contributed by atoms with Gasteiger partial charge in [0.1, 0.15) is 23.1 Å². The Morgan fingerprint density at radius 2 is 1.72 bits per heavy atom. The zero-order valence-corrected chi connectivity index (χ0v) is 21.7. The first-order valence-corrected chi connectivity index (χ1v) is 12.7. The average Bonchev–Trinajstić information content (AvgIpc) is 3.48. The minimum absolute atomic E-state index is 0.149. The van der Waals surface area contributed by atoms with Crippen molar-refractivity contribution in [2.45, 2.75) is 26.5 Å². The molecule has 1 amide bonds. The lowest BCUT2D eigenvalue weighted by molar-refractivity contribution is -0.384. The summed E-state index contributed by atoms with van der Waals surface area (Å²) in [6.07, 6.45) is 0. The van der Waals surface area contributed by atoms with Gasteiger partial charge < -0.3 is 9.84 Å². The van der Waals surface area contributed by atoms with Crippen LogP contribution in [0.1, 0.15) is 33.3 Å². The molecular formula is C28H22N4O6S. The van der Waals surface area contributed by atoms with Crippen molar-refractivity contribution in [2.75, 3.05) is 4.90 Å². The number of ketones is 1. The van der Waals surface area contributed by atoms with Crippen LogP contribution in [0.5, 0.6) is 5.75 Å². The molecule has 0 aliphatic carbocycles. The monoisotopic (exact) mass is 542 g/mol. The Hall–Kier alpha value is -4.90. The van der Waals surface area contributed by atoms with Crippen molar-refractivity contribution in [1.29, 1.82) is 0 Å². The van der Waals surface area contributed by atoms with E-state index in [2.05, 4.69) is 10.2 Å².